The van der Waals surface area contributed by atoms with E-state index in [-0.39, 0.29) is 0 Å². The molecule has 23 heavy (non-hydrogen) atoms. The van der Waals surface area contributed by atoms with E-state index in [1.807, 2.05) is 12.3 Å². The standard InChI is InChI=1S/C19H26N4/c1-15(2)23(14-16-8-4-3-5-9-16)18-12-13-20-19(22-18)21-17-10-6-7-11-17/h3-5,8-9,12-13,15,17H,6-7,10-11,14H2,1-2H3,(H,20,21,22). The van der Waals surface area contributed by atoms with Crippen LogP contribution in [0.1, 0.15) is 45.1 Å². The van der Waals surface area contributed by atoms with Gasteiger partial charge in [0.05, 0.1) is 0 Å². The maximum atomic E-state index is 4.76. The van der Waals surface area contributed by atoms with Crippen molar-refractivity contribution in [3.05, 3.63) is 48.2 Å². The Hall–Kier alpha value is -2.10. The van der Waals surface area contributed by atoms with Gasteiger partial charge in [-0.3, -0.25) is 0 Å². The molecule has 1 heterocycles. The van der Waals surface area contributed by atoms with Crippen LogP contribution < -0.4 is 10.2 Å². The zero-order valence-corrected chi connectivity index (χ0v) is 14.1. The summed E-state index contributed by atoms with van der Waals surface area (Å²) in [5, 5.41) is 3.49. The molecule has 0 saturated heterocycles. The van der Waals surface area contributed by atoms with Gasteiger partial charge in [-0.25, -0.2) is 4.98 Å². The van der Waals surface area contributed by atoms with E-state index < -0.39 is 0 Å². The zero-order chi connectivity index (χ0) is 16.1. The molecule has 0 unspecified atom stereocenters. The summed E-state index contributed by atoms with van der Waals surface area (Å²) in [7, 11) is 0. The lowest BCUT2D eigenvalue weighted by atomic mass is 10.2. The molecule has 0 amide bonds. The molecule has 0 aliphatic heterocycles. The highest BCUT2D eigenvalue weighted by molar-refractivity contribution is 5.44. The van der Waals surface area contributed by atoms with Gasteiger partial charge in [0.25, 0.3) is 0 Å². The second-order valence-corrected chi connectivity index (χ2v) is 6.57. The first-order valence-corrected chi connectivity index (χ1v) is 8.62. The largest absolute Gasteiger partial charge is 0.351 e. The number of hydrogen-bond acceptors (Lipinski definition) is 4. The molecule has 0 atom stereocenters. The molecule has 3 rings (SSSR count). The van der Waals surface area contributed by atoms with E-state index in [1.54, 1.807) is 0 Å². The van der Waals surface area contributed by atoms with Crippen molar-refractivity contribution in [3.63, 3.8) is 0 Å². The summed E-state index contributed by atoms with van der Waals surface area (Å²) in [6.07, 6.45) is 6.93. The predicted molar refractivity (Wildman–Crippen MR) is 95.7 cm³/mol. The number of aromatic nitrogens is 2. The summed E-state index contributed by atoms with van der Waals surface area (Å²) in [6, 6.07) is 13.5. The summed E-state index contributed by atoms with van der Waals surface area (Å²) >= 11 is 0. The predicted octanol–water partition coefficient (Wildman–Crippen LogP) is 4.25. The molecule has 0 spiro atoms. The maximum absolute atomic E-state index is 4.76. The van der Waals surface area contributed by atoms with Crippen molar-refractivity contribution < 1.29 is 0 Å². The minimum Gasteiger partial charge on any atom is -0.351 e. The normalized spacial score (nSPS) is 15.1. The minimum atomic E-state index is 0.379. The highest BCUT2D eigenvalue weighted by Gasteiger charge is 2.17. The van der Waals surface area contributed by atoms with E-state index in [9.17, 15) is 0 Å². The first-order valence-electron chi connectivity index (χ1n) is 8.62. The van der Waals surface area contributed by atoms with Crippen LogP contribution in [0.25, 0.3) is 0 Å². The average Bonchev–Trinajstić information content (AvgIpc) is 3.06. The third kappa shape index (κ3) is 4.21. The van der Waals surface area contributed by atoms with Crippen LogP contribution >= 0.6 is 0 Å². The van der Waals surface area contributed by atoms with Crippen molar-refractivity contribution in [3.8, 4) is 0 Å². The molecule has 1 aromatic carbocycles. The number of hydrogen-bond donors (Lipinski definition) is 1. The van der Waals surface area contributed by atoms with Crippen molar-refractivity contribution in [2.75, 3.05) is 10.2 Å². The van der Waals surface area contributed by atoms with E-state index in [1.165, 1.54) is 31.2 Å². The second-order valence-electron chi connectivity index (χ2n) is 6.57. The molecule has 4 nitrogen and oxygen atoms in total. The Morgan fingerprint density at radius 2 is 1.87 bits per heavy atom. The fourth-order valence-electron chi connectivity index (χ4n) is 3.14. The monoisotopic (exact) mass is 310 g/mol. The minimum absolute atomic E-state index is 0.379. The molecular formula is C19H26N4. The summed E-state index contributed by atoms with van der Waals surface area (Å²) in [5.41, 5.74) is 1.30. The van der Waals surface area contributed by atoms with Gasteiger partial charge < -0.3 is 10.2 Å². The molecule has 122 valence electrons. The van der Waals surface area contributed by atoms with Crippen LogP contribution in [0.4, 0.5) is 11.8 Å². The summed E-state index contributed by atoms with van der Waals surface area (Å²) in [5.74, 6) is 1.74. The van der Waals surface area contributed by atoms with Gasteiger partial charge in [0, 0.05) is 24.8 Å². The van der Waals surface area contributed by atoms with Gasteiger partial charge in [-0.2, -0.15) is 4.98 Å². The fourth-order valence-corrected chi connectivity index (χ4v) is 3.14. The molecule has 1 fully saturated rings. The quantitative estimate of drug-likeness (QED) is 0.866. The smallest absolute Gasteiger partial charge is 0.224 e. The van der Waals surface area contributed by atoms with Gasteiger partial charge in [0.2, 0.25) is 5.95 Å². The fraction of sp³-hybridized carbons (Fsp3) is 0.474. The van der Waals surface area contributed by atoms with Gasteiger partial charge in [-0.15, -0.1) is 0 Å². The van der Waals surface area contributed by atoms with Crippen LogP contribution in [0.3, 0.4) is 0 Å². The number of nitrogens with zero attached hydrogens (tertiary/aromatic N) is 3. The Kier molecular flexibility index (Phi) is 5.11. The Balaban J connectivity index is 1.76. The van der Waals surface area contributed by atoms with Crippen molar-refractivity contribution in [2.24, 2.45) is 0 Å². The molecular weight excluding hydrogens is 284 g/mol. The van der Waals surface area contributed by atoms with E-state index in [4.69, 9.17) is 4.98 Å². The van der Waals surface area contributed by atoms with Crippen molar-refractivity contribution >= 4 is 11.8 Å². The van der Waals surface area contributed by atoms with E-state index >= 15 is 0 Å². The number of rotatable bonds is 6. The van der Waals surface area contributed by atoms with Crippen molar-refractivity contribution in [1.82, 2.24) is 9.97 Å². The molecule has 0 radical (unpaired) electrons. The molecule has 4 heteroatoms. The molecule has 1 aliphatic carbocycles. The maximum Gasteiger partial charge on any atom is 0.224 e. The van der Waals surface area contributed by atoms with Crippen LogP contribution in [-0.2, 0) is 6.54 Å². The van der Waals surface area contributed by atoms with Crippen LogP contribution in [-0.4, -0.2) is 22.1 Å². The van der Waals surface area contributed by atoms with Gasteiger partial charge in [-0.1, -0.05) is 43.2 Å². The Morgan fingerprint density at radius 3 is 2.57 bits per heavy atom. The molecule has 1 aromatic heterocycles. The summed E-state index contributed by atoms with van der Waals surface area (Å²) in [6.45, 7) is 5.27. The molecule has 1 saturated carbocycles. The van der Waals surface area contributed by atoms with Crippen molar-refractivity contribution in [2.45, 2.75) is 58.2 Å². The van der Waals surface area contributed by atoms with Crippen LogP contribution in [0, 0.1) is 0 Å². The Bertz CT molecular complexity index is 606. The highest BCUT2D eigenvalue weighted by Crippen LogP contribution is 2.23. The number of benzene rings is 1. The summed E-state index contributed by atoms with van der Waals surface area (Å²) < 4.78 is 0. The zero-order valence-electron chi connectivity index (χ0n) is 14.1. The number of anilines is 2. The third-order valence-corrected chi connectivity index (χ3v) is 4.44. The first-order chi connectivity index (χ1) is 11.2. The highest BCUT2D eigenvalue weighted by atomic mass is 15.2. The lowest BCUT2D eigenvalue weighted by Gasteiger charge is -2.28. The Morgan fingerprint density at radius 1 is 1.13 bits per heavy atom. The third-order valence-electron chi connectivity index (χ3n) is 4.44. The molecule has 2 aromatic rings. The van der Waals surface area contributed by atoms with Crippen molar-refractivity contribution in [1.29, 1.82) is 0 Å². The van der Waals surface area contributed by atoms with Gasteiger partial charge in [0.1, 0.15) is 5.82 Å². The van der Waals surface area contributed by atoms with Crippen LogP contribution in [0.15, 0.2) is 42.6 Å². The SMILES string of the molecule is CC(C)N(Cc1ccccc1)c1ccnc(NC2CCCC2)n1. The molecule has 1 aliphatic rings. The molecule has 0 bridgehead atoms. The summed E-state index contributed by atoms with van der Waals surface area (Å²) in [4.78, 5) is 11.5. The second kappa shape index (κ2) is 7.44. The van der Waals surface area contributed by atoms with Gasteiger partial charge in [0.15, 0.2) is 0 Å². The topological polar surface area (TPSA) is 41.1 Å². The first kappa shape index (κ1) is 15.8. The number of nitrogens with one attached hydrogen (secondary N) is 1. The Labute approximate surface area is 139 Å². The average molecular weight is 310 g/mol. The lowest BCUT2D eigenvalue weighted by Crippen LogP contribution is -2.31. The van der Waals surface area contributed by atoms with Crippen LogP contribution in [0.5, 0.6) is 0 Å². The van der Waals surface area contributed by atoms with Crippen LogP contribution in [0.2, 0.25) is 0 Å². The molecule has 1 N–H and O–H groups in total. The van der Waals surface area contributed by atoms with E-state index in [0.717, 1.165) is 18.3 Å². The van der Waals surface area contributed by atoms with Gasteiger partial charge >= 0.3 is 0 Å². The van der Waals surface area contributed by atoms with Gasteiger partial charge in [-0.05, 0) is 38.3 Å². The van der Waals surface area contributed by atoms with E-state index in [2.05, 4.69) is 59.4 Å². The lowest BCUT2D eigenvalue weighted by molar-refractivity contribution is 0.669. The van der Waals surface area contributed by atoms with E-state index in [0.29, 0.717) is 12.1 Å².